The Morgan fingerprint density at radius 2 is 1.83 bits per heavy atom. The molecule has 0 spiro atoms. The summed E-state index contributed by atoms with van der Waals surface area (Å²) in [5.41, 5.74) is 2.56. The van der Waals surface area contributed by atoms with Gasteiger partial charge in [-0.3, -0.25) is 9.59 Å². The van der Waals surface area contributed by atoms with E-state index in [-0.39, 0.29) is 11.8 Å². The molecule has 1 aromatic carbocycles. The standard InChI is InChI=1S/C20H28N2O2/c1-14-6-9-17(15(2)12-14)22-19(24)20(10-4-3-5-11-20)13-18(23)21-16-7-8-16/h6,9,12,16H,3-5,7-8,10-11,13H2,1-2H3,(H,21,23)(H,22,24). The van der Waals surface area contributed by atoms with Gasteiger partial charge < -0.3 is 10.6 Å². The van der Waals surface area contributed by atoms with Crippen LogP contribution in [0.25, 0.3) is 0 Å². The number of carbonyl (C=O) groups excluding carboxylic acids is 2. The minimum atomic E-state index is -0.547. The van der Waals surface area contributed by atoms with Crippen LogP contribution in [-0.4, -0.2) is 17.9 Å². The number of rotatable bonds is 5. The number of anilines is 1. The van der Waals surface area contributed by atoms with E-state index in [0.717, 1.165) is 56.2 Å². The Hall–Kier alpha value is -1.84. The number of hydrogen-bond donors (Lipinski definition) is 2. The predicted molar refractivity (Wildman–Crippen MR) is 95.8 cm³/mol. The molecule has 2 saturated carbocycles. The van der Waals surface area contributed by atoms with E-state index in [9.17, 15) is 9.59 Å². The second-order valence-electron chi connectivity index (χ2n) is 7.63. The topological polar surface area (TPSA) is 58.2 Å². The molecule has 2 aliphatic rings. The van der Waals surface area contributed by atoms with Gasteiger partial charge in [0.2, 0.25) is 11.8 Å². The molecular formula is C20H28N2O2. The van der Waals surface area contributed by atoms with Crippen molar-refractivity contribution in [1.82, 2.24) is 5.32 Å². The average molecular weight is 328 g/mol. The van der Waals surface area contributed by atoms with Crippen molar-refractivity contribution in [2.24, 2.45) is 5.41 Å². The molecule has 24 heavy (non-hydrogen) atoms. The molecule has 2 aliphatic carbocycles. The maximum absolute atomic E-state index is 13.1. The van der Waals surface area contributed by atoms with E-state index in [2.05, 4.69) is 16.7 Å². The van der Waals surface area contributed by atoms with E-state index >= 15 is 0 Å². The normalized spacial score (nSPS) is 19.6. The zero-order valence-corrected chi connectivity index (χ0v) is 14.8. The maximum Gasteiger partial charge on any atom is 0.231 e. The fourth-order valence-electron chi connectivity index (χ4n) is 3.74. The zero-order valence-electron chi connectivity index (χ0n) is 14.8. The van der Waals surface area contributed by atoms with Gasteiger partial charge in [0.15, 0.2) is 0 Å². The van der Waals surface area contributed by atoms with Gasteiger partial charge in [0, 0.05) is 18.2 Å². The third-order valence-corrected chi connectivity index (χ3v) is 5.36. The number of carbonyl (C=O) groups is 2. The second kappa shape index (κ2) is 6.96. The fourth-order valence-corrected chi connectivity index (χ4v) is 3.74. The molecule has 1 aromatic rings. The van der Waals surface area contributed by atoms with Crippen LogP contribution < -0.4 is 10.6 Å². The summed E-state index contributed by atoms with van der Waals surface area (Å²) in [4.78, 5) is 25.4. The van der Waals surface area contributed by atoms with E-state index in [1.807, 2.05) is 26.0 Å². The molecule has 0 unspecified atom stereocenters. The molecule has 0 bridgehead atoms. The highest BCUT2D eigenvalue weighted by Crippen LogP contribution is 2.41. The van der Waals surface area contributed by atoms with Crippen LogP contribution in [0.15, 0.2) is 18.2 Å². The monoisotopic (exact) mass is 328 g/mol. The van der Waals surface area contributed by atoms with Crippen molar-refractivity contribution in [2.75, 3.05) is 5.32 Å². The molecule has 3 rings (SSSR count). The van der Waals surface area contributed by atoms with E-state index < -0.39 is 5.41 Å². The molecule has 0 aromatic heterocycles. The van der Waals surface area contributed by atoms with Crippen molar-refractivity contribution in [3.05, 3.63) is 29.3 Å². The maximum atomic E-state index is 13.1. The van der Waals surface area contributed by atoms with Crippen LogP contribution in [0.4, 0.5) is 5.69 Å². The van der Waals surface area contributed by atoms with E-state index in [1.165, 1.54) is 5.56 Å². The lowest BCUT2D eigenvalue weighted by Gasteiger charge is -2.35. The van der Waals surface area contributed by atoms with Crippen LogP contribution in [0.1, 0.15) is 62.5 Å². The molecule has 0 aliphatic heterocycles. The van der Waals surface area contributed by atoms with Crippen molar-refractivity contribution in [3.63, 3.8) is 0 Å². The molecule has 0 atom stereocenters. The van der Waals surface area contributed by atoms with Crippen LogP contribution in [0, 0.1) is 19.3 Å². The molecule has 4 nitrogen and oxygen atoms in total. The third kappa shape index (κ3) is 3.97. The molecular weight excluding hydrogens is 300 g/mol. The van der Waals surface area contributed by atoms with E-state index in [0.29, 0.717) is 12.5 Å². The number of amides is 2. The lowest BCUT2D eigenvalue weighted by Crippen LogP contribution is -2.42. The first-order valence-corrected chi connectivity index (χ1v) is 9.17. The van der Waals surface area contributed by atoms with Gasteiger partial charge in [-0.1, -0.05) is 37.0 Å². The summed E-state index contributed by atoms with van der Waals surface area (Å²) in [6, 6.07) is 6.39. The van der Waals surface area contributed by atoms with Gasteiger partial charge in [-0.25, -0.2) is 0 Å². The minimum absolute atomic E-state index is 0.0140. The lowest BCUT2D eigenvalue weighted by molar-refractivity contribution is -0.134. The number of benzene rings is 1. The molecule has 0 radical (unpaired) electrons. The molecule has 0 heterocycles. The van der Waals surface area contributed by atoms with Crippen LogP contribution in [0.2, 0.25) is 0 Å². The first-order valence-electron chi connectivity index (χ1n) is 9.17. The van der Waals surface area contributed by atoms with Crippen LogP contribution in [0.5, 0.6) is 0 Å². The van der Waals surface area contributed by atoms with Gasteiger partial charge in [-0.15, -0.1) is 0 Å². The highest BCUT2D eigenvalue weighted by Gasteiger charge is 2.42. The average Bonchev–Trinajstić information content (AvgIpc) is 3.34. The minimum Gasteiger partial charge on any atom is -0.353 e. The summed E-state index contributed by atoms with van der Waals surface area (Å²) >= 11 is 0. The summed E-state index contributed by atoms with van der Waals surface area (Å²) < 4.78 is 0. The van der Waals surface area contributed by atoms with E-state index in [4.69, 9.17) is 0 Å². The third-order valence-electron chi connectivity index (χ3n) is 5.36. The van der Waals surface area contributed by atoms with Crippen molar-refractivity contribution >= 4 is 17.5 Å². The first kappa shape index (κ1) is 17.0. The van der Waals surface area contributed by atoms with Crippen molar-refractivity contribution in [2.45, 2.75) is 71.3 Å². The molecule has 4 heteroatoms. The zero-order chi connectivity index (χ0) is 17.2. The highest BCUT2D eigenvalue weighted by atomic mass is 16.2. The summed E-state index contributed by atoms with van der Waals surface area (Å²) in [7, 11) is 0. The molecule has 2 N–H and O–H groups in total. The van der Waals surface area contributed by atoms with Crippen molar-refractivity contribution < 1.29 is 9.59 Å². The van der Waals surface area contributed by atoms with Gasteiger partial charge in [0.1, 0.15) is 0 Å². The second-order valence-corrected chi connectivity index (χ2v) is 7.63. The van der Waals surface area contributed by atoms with Gasteiger partial charge in [-0.2, -0.15) is 0 Å². The summed E-state index contributed by atoms with van der Waals surface area (Å²) in [6.45, 7) is 4.05. The summed E-state index contributed by atoms with van der Waals surface area (Å²) in [5.74, 6) is 0.0512. The summed E-state index contributed by atoms with van der Waals surface area (Å²) in [6.07, 6.45) is 7.29. The molecule has 2 fully saturated rings. The van der Waals surface area contributed by atoms with Crippen LogP contribution in [-0.2, 0) is 9.59 Å². The smallest absolute Gasteiger partial charge is 0.231 e. The largest absolute Gasteiger partial charge is 0.353 e. The quantitative estimate of drug-likeness (QED) is 0.862. The predicted octanol–water partition coefficient (Wildman–Crippen LogP) is 3.86. The fraction of sp³-hybridized carbons (Fsp3) is 0.600. The Morgan fingerprint density at radius 3 is 2.46 bits per heavy atom. The van der Waals surface area contributed by atoms with Crippen molar-refractivity contribution in [3.8, 4) is 0 Å². The van der Waals surface area contributed by atoms with Crippen molar-refractivity contribution in [1.29, 1.82) is 0 Å². The van der Waals surface area contributed by atoms with Crippen LogP contribution >= 0.6 is 0 Å². The van der Waals surface area contributed by atoms with Gasteiger partial charge in [0.25, 0.3) is 0 Å². The van der Waals surface area contributed by atoms with Gasteiger partial charge >= 0.3 is 0 Å². The van der Waals surface area contributed by atoms with Gasteiger partial charge in [-0.05, 0) is 51.2 Å². The number of hydrogen-bond acceptors (Lipinski definition) is 2. The Balaban J connectivity index is 1.73. The lowest BCUT2D eigenvalue weighted by atomic mass is 9.70. The number of nitrogens with one attached hydrogen (secondary N) is 2. The van der Waals surface area contributed by atoms with Crippen LogP contribution in [0.3, 0.4) is 0 Å². The molecule has 0 saturated heterocycles. The Kier molecular flexibility index (Phi) is 4.93. The van der Waals surface area contributed by atoms with E-state index in [1.54, 1.807) is 0 Å². The van der Waals surface area contributed by atoms with Gasteiger partial charge in [0.05, 0.1) is 5.41 Å². The Morgan fingerprint density at radius 1 is 1.12 bits per heavy atom. The Bertz CT molecular complexity index is 629. The molecule has 2 amide bonds. The Labute approximate surface area is 144 Å². The number of aryl methyl sites for hydroxylation is 2. The molecule has 130 valence electrons. The SMILES string of the molecule is Cc1ccc(NC(=O)C2(CC(=O)NC3CC3)CCCCC2)c(C)c1. The first-order chi connectivity index (χ1) is 11.5. The highest BCUT2D eigenvalue weighted by molar-refractivity contribution is 5.98. The summed E-state index contributed by atoms with van der Waals surface area (Å²) in [5, 5.41) is 6.15.